The molecule has 6 nitrogen and oxygen atoms in total. The zero-order valence-corrected chi connectivity index (χ0v) is 18.2. The summed E-state index contributed by atoms with van der Waals surface area (Å²) in [6.45, 7) is 5.27. The SMILES string of the molecule is CCOc1ccc(S(=O)(=O)N2CCCCC2)cc1NC(=O)/C=C/c1cccc(C)c1. The molecule has 1 heterocycles. The van der Waals surface area contributed by atoms with Crippen molar-refractivity contribution in [2.45, 2.75) is 38.0 Å². The van der Waals surface area contributed by atoms with Crippen LogP contribution in [0.4, 0.5) is 5.69 Å². The predicted molar refractivity (Wildman–Crippen MR) is 119 cm³/mol. The molecule has 0 aromatic heterocycles. The number of benzene rings is 2. The van der Waals surface area contributed by atoms with E-state index in [9.17, 15) is 13.2 Å². The number of aryl methyl sites for hydroxylation is 1. The minimum atomic E-state index is -3.60. The fourth-order valence-electron chi connectivity index (χ4n) is 3.42. The predicted octanol–water partition coefficient (Wildman–Crippen LogP) is 4.22. The first-order chi connectivity index (χ1) is 14.4. The molecule has 3 rings (SSSR count). The van der Waals surface area contributed by atoms with Crippen LogP contribution in [0.5, 0.6) is 5.75 Å². The largest absolute Gasteiger partial charge is 0.492 e. The number of nitrogens with one attached hydrogen (secondary N) is 1. The maximum Gasteiger partial charge on any atom is 0.248 e. The smallest absolute Gasteiger partial charge is 0.248 e. The Labute approximate surface area is 178 Å². The highest BCUT2D eigenvalue weighted by Gasteiger charge is 2.26. The number of anilines is 1. The van der Waals surface area contributed by atoms with Crippen molar-refractivity contribution < 1.29 is 17.9 Å². The van der Waals surface area contributed by atoms with Gasteiger partial charge in [0.1, 0.15) is 5.75 Å². The van der Waals surface area contributed by atoms with Crippen LogP contribution < -0.4 is 10.1 Å². The lowest BCUT2D eigenvalue weighted by atomic mass is 10.1. The van der Waals surface area contributed by atoms with Gasteiger partial charge in [-0.05, 0) is 56.5 Å². The maximum atomic E-state index is 13.0. The molecule has 0 aliphatic carbocycles. The number of ether oxygens (including phenoxy) is 1. The van der Waals surface area contributed by atoms with Crippen molar-refractivity contribution >= 4 is 27.7 Å². The average Bonchev–Trinajstić information content (AvgIpc) is 2.74. The third-order valence-corrected chi connectivity index (χ3v) is 6.83. The van der Waals surface area contributed by atoms with Crippen LogP contribution in [0.25, 0.3) is 6.08 Å². The van der Waals surface area contributed by atoms with Crippen molar-refractivity contribution in [1.82, 2.24) is 4.31 Å². The standard InChI is InChI=1S/C23H28N2O4S/c1-3-29-22-12-11-20(30(27,28)25-14-5-4-6-15-25)17-21(22)24-23(26)13-10-19-9-7-8-18(2)16-19/h7-13,16-17H,3-6,14-15H2,1-2H3,(H,24,26)/b13-10+. The van der Waals surface area contributed by atoms with E-state index in [0.717, 1.165) is 30.4 Å². The quantitative estimate of drug-likeness (QED) is 0.670. The molecule has 30 heavy (non-hydrogen) atoms. The van der Waals surface area contributed by atoms with E-state index < -0.39 is 10.0 Å². The van der Waals surface area contributed by atoms with Gasteiger partial charge in [0.05, 0.1) is 17.2 Å². The molecule has 0 atom stereocenters. The zero-order valence-electron chi connectivity index (χ0n) is 17.4. The van der Waals surface area contributed by atoms with Gasteiger partial charge < -0.3 is 10.1 Å². The topological polar surface area (TPSA) is 75.7 Å². The van der Waals surface area contributed by atoms with Crippen LogP contribution in [0.3, 0.4) is 0 Å². The first kappa shape index (κ1) is 22.1. The Hall–Kier alpha value is -2.64. The minimum Gasteiger partial charge on any atom is -0.492 e. The van der Waals surface area contributed by atoms with Gasteiger partial charge in [0.2, 0.25) is 15.9 Å². The second-order valence-electron chi connectivity index (χ2n) is 7.29. The normalized spacial score (nSPS) is 15.3. The second kappa shape index (κ2) is 9.91. The molecule has 1 N–H and O–H groups in total. The highest BCUT2D eigenvalue weighted by atomic mass is 32.2. The van der Waals surface area contributed by atoms with Gasteiger partial charge in [0.15, 0.2) is 0 Å². The Balaban J connectivity index is 1.83. The summed E-state index contributed by atoms with van der Waals surface area (Å²) in [5.74, 6) is 0.0809. The molecule has 0 unspecified atom stereocenters. The van der Waals surface area contributed by atoms with Gasteiger partial charge >= 0.3 is 0 Å². The lowest BCUT2D eigenvalue weighted by molar-refractivity contribution is -0.111. The summed E-state index contributed by atoms with van der Waals surface area (Å²) in [4.78, 5) is 12.6. The van der Waals surface area contributed by atoms with Gasteiger partial charge in [-0.1, -0.05) is 36.2 Å². The van der Waals surface area contributed by atoms with E-state index >= 15 is 0 Å². The van der Waals surface area contributed by atoms with E-state index in [4.69, 9.17) is 4.74 Å². The van der Waals surface area contributed by atoms with Crippen molar-refractivity contribution in [3.63, 3.8) is 0 Å². The van der Waals surface area contributed by atoms with E-state index in [1.807, 2.05) is 38.1 Å². The third-order valence-electron chi connectivity index (χ3n) is 4.93. The Morgan fingerprint density at radius 1 is 1.13 bits per heavy atom. The van der Waals surface area contributed by atoms with Crippen molar-refractivity contribution in [1.29, 1.82) is 0 Å². The third kappa shape index (κ3) is 5.49. The van der Waals surface area contributed by atoms with Gasteiger partial charge in [-0.3, -0.25) is 4.79 Å². The van der Waals surface area contributed by atoms with Crippen LogP contribution in [0.1, 0.15) is 37.3 Å². The van der Waals surface area contributed by atoms with Crippen LogP contribution in [0, 0.1) is 6.92 Å². The first-order valence-electron chi connectivity index (χ1n) is 10.2. The second-order valence-corrected chi connectivity index (χ2v) is 9.23. The van der Waals surface area contributed by atoms with E-state index in [1.165, 1.54) is 22.5 Å². The van der Waals surface area contributed by atoms with E-state index in [-0.39, 0.29) is 10.8 Å². The van der Waals surface area contributed by atoms with Crippen molar-refractivity contribution in [2.24, 2.45) is 0 Å². The molecular weight excluding hydrogens is 400 g/mol. The Morgan fingerprint density at radius 3 is 2.60 bits per heavy atom. The molecule has 7 heteroatoms. The molecule has 2 aromatic rings. The summed E-state index contributed by atoms with van der Waals surface area (Å²) in [5, 5.41) is 2.76. The number of carbonyl (C=O) groups excluding carboxylic acids is 1. The molecular formula is C23H28N2O4S. The summed E-state index contributed by atoms with van der Waals surface area (Å²) in [6, 6.07) is 12.4. The van der Waals surface area contributed by atoms with E-state index in [2.05, 4.69) is 5.32 Å². The van der Waals surface area contributed by atoms with Crippen molar-refractivity contribution in [2.75, 3.05) is 25.0 Å². The summed E-state index contributed by atoms with van der Waals surface area (Å²) < 4.78 is 33.1. The first-order valence-corrected chi connectivity index (χ1v) is 11.7. The monoisotopic (exact) mass is 428 g/mol. The molecule has 1 saturated heterocycles. The highest BCUT2D eigenvalue weighted by molar-refractivity contribution is 7.89. The Kier molecular flexibility index (Phi) is 7.29. The van der Waals surface area contributed by atoms with Crippen LogP contribution >= 0.6 is 0 Å². The number of hydrogen-bond acceptors (Lipinski definition) is 4. The van der Waals surface area contributed by atoms with E-state index in [1.54, 1.807) is 12.1 Å². The lowest BCUT2D eigenvalue weighted by Crippen LogP contribution is -2.35. The number of piperidine rings is 1. The molecule has 1 amide bonds. The molecule has 160 valence electrons. The van der Waals surface area contributed by atoms with Gasteiger partial charge in [0, 0.05) is 19.2 Å². The molecule has 0 saturated carbocycles. The summed E-state index contributed by atoms with van der Waals surface area (Å²) in [6.07, 6.45) is 5.92. The number of rotatable bonds is 7. The molecule has 0 bridgehead atoms. The lowest BCUT2D eigenvalue weighted by Gasteiger charge is -2.26. The van der Waals surface area contributed by atoms with Crippen LogP contribution in [-0.2, 0) is 14.8 Å². The zero-order chi connectivity index (χ0) is 21.6. The fourth-order valence-corrected chi connectivity index (χ4v) is 4.97. The molecule has 1 aliphatic heterocycles. The number of amides is 1. The average molecular weight is 429 g/mol. The number of hydrogen-bond donors (Lipinski definition) is 1. The van der Waals surface area contributed by atoms with E-state index in [0.29, 0.717) is 31.1 Å². The fraction of sp³-hybridized carbons (Fsp3) is 0.348. The van der Waals surface area contributed by atoms with Gasteiger partial charge in [-0.2, -0.15) is 4.31 Å². The Bertz CT molecular complexity index is 1030. The molecule has 0 radical (unpaired) electrons. The number of sulfonamides is 1. The van der Waals surface area contributed by atoms with Crippen LogP contribution in [0.15, 0.2) is 53.4 Å². The van der Waals surface area contributed by atoms with Crippen LogP contribution in [-0.4, -0.2) is 38.3 Å². The van der Waals surface area contributed by atoms with Crippen LogP contribution in [0.2, 0.25) is 0 Å². The minimum absolute atomic E-state index is 0.158. The Morgan fingerprint density at radius 2 is 1.90 bits per heavy atom. The summed E-state index contributed by atoms with van der Waals surface area (Å²) in [5.41, 5.74) is 2.36. The molecule has 2 aromatic carbocycles. The number of carbonyl (C=O) groups is 1. The van der Waals surface area contributed by atoms with Gasteiger partial charge in [-0.15, -0.1) is 0 Å². The molecule has 1 fully saturated rings. The van der Waals surface area contributed by atoms with Crippen molar-refractivity contribution in [3.8, 4) is 5.75 Å². The number of nitrogens with zero attached hydrogens (tertiary/aromatic N) is 1. The van der Waals surface area contributed by atoms with Crippen molar-refractivity contribution in [3.05, 3.63) is 59.7 Å². The van der Waals surface area contributed by atoms with Gasteiger partial charge in [-0.25, -0.2) is 8.42 Å². The highest BCUT2D eigenvalue weighted by Crippen LogP contribution is 2.30. The molecule has 1 aliphatic rings. The summed E-state index contributed by atoms with van der Waals surface area (Å²) in [7, 11) is -3.60. The van der Waals surface area contributed by atoms with Gasteiger partial charge in [0.25, 0.3) is 0 Å². The summed E-state index contributed by atoms with van der Waals surface area (Å²) >= 11 is 0. The maximum absolute atomic E-state index is 13.0. The molecule has 0 spiro atoms.